The van der Waals surface area contributed by atoms with E-state index in [1.54, 1.807) is 6.92 Å². The molecule has 0 spiro atoms. The SMILES string of the molecule is CCOC(=O)N1C(=O)[C@H](O[Si](C(C)C)(C(C)C)C(C)C)[C@@H]1c1ccc(OCc2ccccc2)cc1. The van der Waals surface area contributed by atoms with Crippen molar-refractivity contribution >= 4 is 20.3 Å². The largest absolute Gasteiger partial charge is 0.489 e. The number of hydrogen-bond donors (Lipinski definition) is 0. The van der Waals surface area contributed by atoms with Crippen molar-refractivity contribution in [3.8, 4) is 5.75 Å². The molecule has 35 heavy (non-hydrogen) atoms. The van der Waals surface area contributed by atoms with Crippen LogP contribution in [0.2, 0.25) is 16.6 Å². The third-order valence-corrected chi connectivity index (χ3v) is 13.1. The molecule has 2 aromatic rings. The van der Waals surface area contributed by atoms with E-state index in [2.05, 4.69) is 41.5 Å². The Kier molecular flexibility index (Phi) is 8.78. The number of carbonyl (C=O) groups excluding carboxylic acids is 2. The van der Waals surface area contributed by atoms with Gasteiger partial charge in [-0.05, 0) is 46.8 Å². The maximum Gasteiger partial charge on any atom is 0.417 e. The Morgan fingerprint density at radius 1 is 0.914 bits per heavy atom. The molecule has 0 N–H and O–H groups in total. The van der Waals surface area contributed by atoms with Crippen molar-refractivity contribution in [2.75, 3.05) is 6.61 Å². The fourth-order valence-corrected chi connectivity index (χ4v) is 10.9. The average molecular weight is 498 g/mol. The lowest BCUT2D eigenvalue weighted by molar-refractivity contribution is -0.161. The highest BCUT2D eigenvalue weighted by molar-refractivity contribution is 6.77. The minimum Gasteiger partial charge on any atom is -0.489 e. The van der Waals surface area contributed by atoms with Crippen molar-refractivity contribution in [1.82, 2.24) is 4.90 Å². The molecule has 2 aromatic carbocycles. The monoisotopic (exact) mass is 497 g/mol. The maximum atomic E-state index is 13.2. The molecular weight excluding hydrogens is 458 g/mol. The second-order valence-electron chi connectivity index (χ2n) is 10.1. The zero-order valence-corrected chi connectivity index (χ0v) is 23.0. The number of carbonyl (C=O) groups is 2. The van der Waals surface area contributed by atoms with E-state index in [4.69, 9.17) is 13.9 Å². The molecule has 1 aliphatic heterocycles. The second-order valence-corrected chi connectivity index (χ2v) is 15.5. The van der Waals surface area contributed by atoms with Gasteiger partial charge < -0.3 is 13.9 Å². The third-order valence-electron chi connectivity index (χ3n) is 7.02. The molecule has 0 bridgehead atoms. The number of amides is 2. The first-order valence-corrected chi connectivity index (χ1v) is 14.7. The number of ether oxygens (including phenoxy) is 2. The van der Waals surface area contributed by atoms with Crippen LogP contribution in [0.1, 0.15) is 65.6 Å². The van der Waals surface area contributed by atoms with Crippen LogP contribution in [0, 0.1) is 0 Å². The quantitative estimate of drug-likeness (QED) is 0.265. The Hall–Kier alpha value is -2.64. The molecule has 7 heteroatoms. The summed E-state index contributed by atoms with van der Waals surface area (Å²) in [6.07, 6.45) is -1.33. The van der Waals surface area contributed by atoms with Crippen LogP contribution in [0.25, 0.3) is 0 Å². The topological polar surface area (TPSA) is 65.1 Å². The zero-order chi connectivity index (χ0) is 25.8. The van der Waals surface area contributed by atoms with Gasteiger partial charge in [-0.1, -0.05) is 84.0 Å². The molecular formula is C28H39NO5Si. The summed E-state index contributed by atoms with van der Waals surface area (Å²) >= 11 is 0. The molecule has 1 aliphatic rings. The number of imide groups is 1. The first kappa shape index (κ1) is 27.0. The van der Waals surface area contributed by atoms with Crippen LogP contribution in [-0.4, -0.2) is 37.9 Å². The van der Waals surface area contributed by atoms with Gasteiger partial charge in [-0.15, -0.1) is 0 Å². The molecule has 0 unspecified atom stereocenters. The van der Waals surface area contributed by atoms with Gasteiger partial charge in [0.1, 0.15) is 18.4 Å². The summed E-state index contributed by atoms with van der Waals surface area (Å²) in [6.45, 7) is 15.5. The average Bonchev–Trinajstić information content (AvgIpc) is 2.82. The van der Waals surface area contributed by atoms with Crippen LogP contribution in [0.3, 0.4) is 0 Å². The first-order valence-electron chi connectivity index (χ1n) is 12.6. The van der Waals surface area contributed by atoms with E-state index in [1.807, 2.05) is 54.6 Å². The Labute approximate surface area is 210 Å². The van der Waals surface area contributed by atoms with Crippen molar-refractivity contribution in [1.29, 1.82) is 0 Å². The molecule has 2 atom stereocenters. The van der Waals surface area contributed by atoms with Gasteiger partial charge in [-0.25, -0.2) is 9.69 Å². The molecule has 0 aromatic heterocycles. The summed E-state index contributed by atoms with van der Waals surface area (Å²) in [4.78, 5) is 27.1. The number of rotatable bonds is 10. The Morgan fingerprint density at radius 2 is 1.49 bits per heavy atom. The van der Waals surface area contributed by atoms with E-state index in [9.17, 15) is 9.59 Å². The Bertz CT molecular complexity index is 968. The predicted molar refractivity (Wildman–Crippen MR) is 140 cm³/mol. The van der Waals surface area contributed by atoms with Crippen molar-refractivity contribution in [2.45, 2.75) is 83.8 Å². The molecule has 1 heterocycles. The summed E-state index contributed by atoms with van der Waals surface area (Å²) in [6, 6.07) is 17.0. The smallest absolute Gasteiger partial charge is 0.417 e. The van der Waals surface area contributed by atoms with Gasteiger partial charge >= 0.3 is 6.09 Å². The van der Waals surface area contributed by atoms with Gasteiger partial charge in [0.2, 0.25) is 8.32 Å². The van der Waals surface area contributed by atoms with Crippen LogP contribution in [0.5, 0.6) is 5.75 Å². The third kappa shape index (κ3) is 5.46. The number of hydrogen-bond acceptors (Lipinski definition) is 5. The van der Waals surface area contributed by atoms with Crippen LogP contribution in [0.15, 0.2) is 54.6 Å². The lowest BCUT2D eigenvalue weighted by Crippen LogP contribution is -2.66. The van der Waals surface area contributed by atoms with Crippen molar-refractivity contribution in [3.63, 3.8) is 0 Å². The standard InChI is InChI=1S/C28H39NO5Si/c1-8-32-28(31)29-25(26(27(29)30)34-35(19(2)3,20(4)5)21(6)7)23-14-16-24(17-15-23)33-18-22-12-10-9-11-13-22/h9-17,19-21,25-26H,8,18H2,1-7H3/t25-,26+/m0/s1. The van der Waals surface area contributed by atoms with Gasteiger partial charge in [0, 0.05) is 0 Å². The first-order chi connectivity index (χ1) is 16.6. The maximum absolute atomic E-state index is 13.2. The molecule has 0 radical (unpaired) electrons. The highest BCUT2D eigenvalue weighted by Gasteiger charge is 2.58. The van der Waals surface area contributed by atoms with Crippen LogP contribution >= 0.6 is 0 Å². The predicted octanol–water partition coefficient (Wildman–Crippen LogP) is 6.87. The molecule has 1 fully saturated rings. The van der Waals surface area contributed by atoms with Crippen LogP contribution < -0.4 is 4.74 Å². The van der Waals surface area contributed by atoms with E-state index in [0.717, 1.165) is 16.9 Å². The lowest BCUT2D eigenvalue weighted by atomic mass is 9.91. The molecule has 3 rings (SSSR count). The number of β-lactam (4-membered cyclic amide) rings is 1. The van der Waals surface area contributed by atoms with Gasteiger partial charge in [-0.2, -0.15) is 0 Å². The summed E-state index contributed by atoms with van der Waals surface area (Å²) in [5.74, 6) is 0.398. The number of benzene rings is 2. The summed E-state index contributed by atoms with van der Waals surface area (Å²) in [5, 5.41) is 0. The summed E-state index contributed by atoms with van der Waals surface area (Å²) in [7, 11) is -2.35. The van der Waals surface area contributed by atoms with Crippen molar-refractivity contribution in [3.05, 3.63) is 65.7 Å². The van der Waals surface area contributed by atoms with E-state index >= 15 is 0 Å². The van der Waals surface area contributed by atoms with Gasteiger partial charge in [-0.3, -0.25) is 4.79 Å². The second kappa shape index (κ2) is 11.4. The zero-order valence-electron chi connectivity index (χ0n) is 22.0. The summed E-state index contributed by atoms with van der Waals surface area (Å²) < 4.78 is 18.0. The molecule has 2 amide bonds. The van der Waals surface area contributed by atoms with Crippen LogP contribution in [0.4, 0.5) is 4.79 Å². The lowest BCUT2D eigenvalue weighted by Gasteiger charge is -2.51. The Balaban J connectivity index is 1.87. The fraction of sp³-hybridized carbons (Fsp3) is 0.500. The molecule has 0 aliphatic carbocycles. The van der Waals surface area contributed by atoms with Gasteiger partial charge in [0.05, 0.1) is 6.61 Å². The van der Waals surface area contributed by atoms with E-state index in [0.29, 0.717) is 23.2 Å². The summed E-state index contributed by atoms with van der Waals surface area (Å²) in [5.41, 5.74) is 2.87. The normalized spacial score (nSPS) is 18.2. The molecule has 190 valence electrons. The highest BCUT2D eigenvalue weighted by atomic mass is 28.4. The van der Waals surface area contributed by atoms with E-state index in [-0.39, 0.29) is 12.5 Å². The fourth-order valence-electron chi connectivity index (χ4n) is 5.43. The minimum absolute atomic E-state index is 0.204. The number of likely N-dealkylation sites (tertiary alicyclic amines) is 1. The van der Waals surface area contributed by atoms with E-state index < -0.39 is 26.6 Å². The highest BCUT2D eigenvalue weighted by Crippen LogP contribution is 2.48. The molecule has 6 nitrogen and oxygen atoms in total. The van der Waals surface area contributed by atoms with Crippen LogP contribution in [-0.2, 0) is 20.6 Å². The van der Waals surface area contributed by atoms with Gasteiger partial charge in [0.15, 0.2) is 6.10 Å². The molecule has 1 saturated heterocycles. The van der Waals surface area contributed by atoms with E-state index in [1.165, 1.54) is 4.90 Å². The van der Waals surface area contributed by atoms with Crippen molar-refractivity contribution in [2.24, 2.45) is 0 Å². The minimum atomic E-state index is -2.35. The van der Waals surface area contributed by atoms with Crippen molar-refractivity contribution < 1.29 is 23.5 Å². The molecule has 0 saturated carbocycles. The Morgan fingerprint density at radius 3 is 2.00 bits per heavy atom. The number of nitrogens with zero attached hydrogens (tertiary/aromatic N) is 1. The van der Waals surface area contributed by atoms with Gasteiger partial charge in [0.25, 0.3) is 5.91 Å².